The molecule has 2 aliphatic heterocycles. The van der Waals surface area contributed by atoms with Crippen LogP contribution in [0.3, 0.4) is 0 Å². The molecular weight excluding hydrogens is 324 g/mol. The van der Waals surface area contributed by atoms with Crippen molar-refractivity contribution >= 4 is 15.8 Å². The zero-order chi connectivity index (χ0) is 17.4. The van der Waals surface area contributed by atoms with Gasteiger partial charge in [0.1, 0.15) is 0 Å². The van der Waals surface area contributed by atoms with Crippen molar-refractivity contribution in [2.45, 2.75) is 52.0 Å². The molecule has 2 fully saturated rings. The van der Waals surface area contributed by atoms with Gasteiger partial charge in [0.15, 0.2) is 15.8 Å². The van der Waals surface area contributed by atoms with E-state index in [0.717, 1.165) is 31.4 Å². The number of rotatable bonds is 7. The Hall–Kier alpha value is -0.820. The Morgan fingerprint density at radius 3 is 2.79 bits per heavy atom. The molecule has 6 nitrogen and oxygen atoms in total. The molecule has 140 valence electrons. The first-order chi connectivity index (χ1) is 11.5. The number of aliphatic imine (C=N–C) groups is 1. The molecule has 0 amide bonds. The first kappa shape index (κ1) is 19.5. The SMILES string of the molecule is CCNC(=NCCCCN1CCCC(C)C1)NC1CCS(=O)(=O)C1. The molecular formula is C17H34N4O2S. The zero-order valence-electron chi connectivity index (χ0n) is 15.3. The number of hydrogen-bond acceptors (Lipinski definition) is 4. The van der Waals surface area contributed by atoms with Gasteiger partial charge in [-0.3, -0.25) is 4.99 Å². The van der Waals surface area contributed by atoms with Crippen molar-refractivity contribution in [1.82, 2.24) is 15.5 Å². The molecule has 24 heavy (non-hydrogen) atoms. The van der Waals surface area contributed by atoms with Gasteiger partial charge in [0.2, 0.25) is 0 Å². The summed E-state index contributed by atoms with van der Waals surface area (Å²) in [6, 6.07) is 0.00244. The summed E-state index contributed by atoms with van der Waals surface area (Å²) < 4.78 is 23.1. The van der Waals surface area contributed by atoms with Gasteiger partial charge in [-0.15, -0.1) is 0 Å². The Morgan fingerprint density at radius 2 is 2.12 bits per heavy atom. The Bertz CT molecular complexity index is 507. The van der Waals surface area contributed by atoms with Gasteiger partial charge in [-0.05, 0) is 58.0 Å². The van der Waals surface area contributed by atoms with Crippen LogP contribution in [0.2, 0.25) is 0 Å². The Kier molecular flexibility index (Phi) is 7.81. The maximum atomic E-state index is 11.5. The molecule has 0 aromatic heterocycles. The summed E-state index contributed by atoms with van der Waals surface area (Å²) in [7, 11) is -2.85. The van der Waals surface area contributed by atoms with Gasteiger partial charge in [-0.25, -0.2) is 8.42 Å². The van der Waals surface area contributed by atoms with Gasteiger partial charge in [-0.2, -0.15) is 0 Å². The van der Waals surface area contributed by atoms with Crippen LogP contribution in [-0.4, -0.2) is 69.5 Å². The highest BCUT2D eigenvalue weighted by Gasteiger charge is 2.28. The molecule has 0 radical (unpaired) electrons. The summed E-state index contributed by atoms with van der Waals surface area (Å²) in [5.41, 5.74) is 0. The number of guanidine groups is 1. The predicted octanol–water partition coefficient (Wildman–Crippen LogP) is 1.24. The van der Waals surface area contributed by atoms with E-state index in [-0.39, 0.29) is 11.8 Å². The average molecular weight is 359 g/mol. The molecule has 7 heteroatoms. The minimum atomic E-state index is -2.85. The second-order valence-corrected chi connectivity index (χ2v) is 9.49. The lowest BCUT2D eigenvalue weighted by Crippen LogP contribution is -2.44. The van der Waals surface area contributed by atoms with E-state index < -0.39 is 9.84 Å². The van der Waals surface area contributed by atoms with E-state index in [1.165, 1.54) is 38.9 Å². The highest BCUT2D eigenvalue weighted by Crippen LogP contribution is 2.15. The number of hydrogen-bond donors (Lipinski definition) is 2. The standard InChI is InChI=1S/C17H34N4O2S/c1-3-18-17(20-16-8-12-24(22,23)14-16)19-9-4-5-10-21-11-6-7-15(2)13-21/h15-16H,3-14H2,1-2H3,(H2,18,19,20). The maximum absolute atomic E-state index is 11.5. The van der Waals surface area contributed by atoms with Crippen molar-refractivity contribution in [2.24, 2.45) is 10.9 Å². The molecule has 2 rings (SSSR count). The van der Waals surface area contributed by atoms with E-state index in [4.69, 9.17) is 0 Å². The fourth-order valence-electron chi connectivity index (χ4n) is 3.55. The molecule has 0 spiro atoms. The molecule has 2 heterocycles. The second-order valence-electron chi connectivity index (χ2n) is 7.26. The van der Waals surface area contributed by atoms with Gasteiger partial charge >= 0.3 is 0 Å². The van der Waals surface area contributed by atoms with Crippen molar-refractivity contribution in [1.29, 1.82) is 0 Å². The largest absolute Gasteiger partial charge is 0.357 e. The summed E-state index contributed by atoms with van der Waals surface area (Å²) >= 11 is 0. The summed E-state index contributed by atoms with van der Waals surface area (Å²) in [5.74, 6) is 2.11. The van der Waals surface area contributed by atoms with Crippen LogP contribution < -0.4 is 10.6 Å². The van der Waals surface area contributed by atoms with Gasteiger partial charge in [0.25, 0.3) is 0 Å². The van der Waals surface area contributed by atoms with Gasteiger partial charge in [0, 0.05) is 25.7 Å². The highest BCUT2D eigenvalue weighted by molar-refractivity contribution is 7.91. The lowest BCUT2D eigenvalue weighted by Gasteiger charge is -2.30. The molecule has 2 aliphatic rings. The van der Waals surface area contributed by atoms with E-state index in [0.29, 0.717) is 12.2 Å². The third kappa shape index (κ3) is 6.97. The van der Waals surface area contributed by atoms with Crippen LogP contribution in [0.5, 0.6) is 0 Å². The molecule has 2 atom stereocenters. The number of nitrogens with zero attached hydrogens (tertiary/aromatic N) is 2. The van der Waals surface area contributed by atoms with Crippen molar-refractivity contribution in [3.63, 3.8) is 0 Å². The molecule has 2 N–H and O–H groups in total. The smallest absolute Gasteiger partial charge is 0.191 e. The van der Waals surface area contributed by atoms with Crippen LogP contribution in [0, 0.1) is 5.92 Å². The third-order valence-electron chi connectivity index (χ3n) is 4.81. The van der Waals surface area contributed by atoms with Crippen molar-refractivity contribution in [3.8, 4) is 0 Å². The monoisotopic (exact) mass is 358 g/mol. The van der Waals surface area contributed by atoms with Crippen LogP contribution in [-0.2, 0) is 9.84 Å². The van der Waals surface area contributed by atoms with Crippen molar-refractivity contribution in [3.05, 3.63) is 0 Å². The summed E-state index contributed by atoms with van der Waals surface area (Å²) in [6.07, 6.45) is 5.63. The van der Waals surface area contributed by atoms with Crippen LogP contribution in [0.25, 0.3) is 0 Å². The quantitative estimate of drug-likeness (QED) is 0.407. The minimum absolute atomic E-state index is 0.00244. The molecule has 2 unspecified atom stereocenters. The normalized spacial score (nSPS) is 28.0. The van der Waals surface area contributed by atoms with Crippen LogP contribution in [0.1, 0.15) is 46.0 Å². The fraction of sp³-hybridized carbons (Fsp3) is 0.941. The Labute approximate surface area is 147 Å². The van der Waals surface area contributed by atoms with Crippen molar-refractivity contribution < 1.29 is 8.42 Å². The first-order valence-electron chi connectivity index (χ1n) is 9.46. The van der Waals surface area contributed by atoms with Crippen LogP contribution >= 0.6 is 0 Å². The predicted molar refractivity (Wildman–Crippen MR) is 100 cm³/mol. The van der Waals surface area contributed by atoms with Gasteiger partial charge in [-0.1, -0.05) is 6.92 Å². The first-order valence-corrected chi connectivity index (χ1v) is 11.3. The topological polar surface area (TPSA) is 73.8 Å². The molecule has 0 bridgehead atoms. The number of nitrogens with one attached hydrogen (secondary N) is 2. The number of likely N-dealkylation sites (tertiary alicyclic amines) is 1. The van der Waals surface area contributed by atoms with E-state index in [9.17, 15) is 8.42 Å². The van der Waals surface area contributed by atoms with E-state index in [2.05, 4.69) is 27.4 Å². The van der Waals surface area contributed by atoms with E-state index in [1.807, 2.05) is 6.92 Å². The lowest BCUT2D eigenvalue weighted by atomic mass is 10.0. The molecule has 2 saturated heterocycles. The van der Waals surface area contributed by atoms with Crippen LogP contribution in [0.4, 0.5) is 0 Å². The maximum Gasteiger partial charge on any atom is 0.191 e. The molecule has 0 aliphatic carbocycles. The molecule has 0 saturated carbocycles. The zero-order valence-corrected chi connectivity index (χ0v) is 16.1. The fourth-order valence-corrected chi connectivity index (χ4v) is 5.22. The van der Waals surface area contributed by atoms with Gasteiger partial charge < -0.3 is 15.5 Å². The number of unbranched alkanes of at least 4 members (excludes halogenated alkanes) is 1. The minimum Gasteiger partial charge on any atom is -0.357 e. The van der Waals surface area contributed by atoms with E-state index in [1.54, 1.807) is 0 Å². The average Bonchev–Trinajstić information content (AvgIpc) is 2.86. The molecule has 0 aromatic carbocycles. The third-order valence-corrected chi connectivity index (χ3v) is 6.58. The summed E-state index contributed by atoms with van der Waals surface area (Å²) in [4.78, 5) is 7.18. The van der Waals surface area contributed by atoms with Crippen LogP contribution in [0.15, 0.2) is 4.99 Å². The summed E-state index contributed by atoms with van der Waals surface area (Å²) in [6.45, 7) is 9.60. The second kappa shape index (κ2) is 9.61. The number of sulfone groups is 1. The van der Waals surface area contributed by atoms with Crippen molar-refractivity contribution in [2.75, 3.05) is 44.2 Å². The highest BCUT2D eigenvalue weighted by atomic mass is 32.2. The summed E-state index contributed by atoms with van der Waals surface area (Å²) in [5, 5.41) is 6.48. The Morgan fingerprint density at radius 1 is 1.29 bits per heavy atom. The van der Waals surface area contributed by atoms with Gasteiger partial charge in [0.05, 0.1) is 11.5 Å². The number of piperidine rings is 1. The lowest BCUT2D eigenvalue weighted by molar-refractivity contribution is 0.181. The molecule has 0 aromatic rings. The van der Waals surface area contributed by atoms with E-state index >= 15 is 0 Å². The Balaban J connectivity index is 1.67.